The molecule has 2 aromatic heterocycles. The van der Waals surface area contributed by atoms with Gasteiger partial charge in [0.1, 0.15) is 17.2 Å². The molecule has 1 aromatic carbocycles. The van der Waals surface area contributed by atoms with Gasteiger partial charge in [0.05, 0.1) is 12.5 Å². The highest BCUT2D eigenvalue weighted by Crippen LogP contribution is 2.23. The third kappa shape index (κ3) is 3.90. The first-order valence-electron chi connectivity index (χ1n) is 8.75. The van der Waals surface area contributed by atoms with Crippen molar-refractivity contribution in [3.05, 3.63) is 59.8 Å². The number of halogens is 1. The SMILES string of the molecule is CC(C)CC(NC(=O)Cc1ccccc1F)c1nc2cccnc2n1C. The first-order valence-corrected chi connectivity index (χ1v) is 8.75. The second-order valence-electron chi connectivity index (χ2n) is 6.89. The Bertz CT molecular complexity index is 919. The first-order chi connectivity index (χ1) is 12.5. The summed E-state index contributed by atoms with van der Waals surface area (Å²) in [6.45, 7) is 4.19. The highest BCUT2D eigenvalue weighted by atomic mass is 19.1. The zero-order chi connectivity index (χ0) is 18.7. The number of rotatable bonds is 6. The topological polar surface area (TPSA) is 59.8 Å². The molecule has 1 unspecified atom stereocenters. The lowest BCUT2D eigenvalue weighted by Crippen LogP contribution is -2.32. The smallest absolute Gasteiger partial charge is 0.225 e. The van der Waals surface area contributed by atoms with E-state index in [2.05, 4.69) is 29.1 Å². The number of imidazole rings is 1. The van der Waals surface area contributed by atoms with Crippen molar-refractivity contribution in [2.45, 2.75) is 32.7 Å². The van der Waals surface area contributed by atoms with E-state index in [0.717, 1.165) is 23.4 Å². The summed E-state index contributed by atoms with van der Waals surface area (Å²) in [6, 6.07) is 9.83. The van der Waals surface area contributed by atoms with Crippen molar-refractivity contribution in [3.63, 3.8) is 0 Å². The average molecular weight is 354 g/mol. The van der Waals surface area contributed by atoms with E-state index in [9.17, 15) is 9.18 Å². The minimum atomic E-state index is -0.366. The van der Waals surface area contributed by atoms with Crippen molar-refractivity contribution in [2.24, 2.45) is 13.0 Å². The van der Waals surface area contributed by atoms with Gasteiger partial charge >= 0.3 is 0 Å². The lowest BCUT2D eigenvalue weighted by Gasteiger charge is -2.20. The molecule has 0 saturated carbocycles. The molecule has 0 aliphatic rings. The number of hydrogen-bond acceptors (Lipinski definition) is 3. The molecule has 3 aromatic rings. The van der Waals surface area contributed by atoms with Gasteiger partial charge in [-0.3, -0.25) is 4.79 Å². The molecular weight excluding hydrogens is 331 g/mol. The molecule has 6 heteroatoms. The van der Waals surface area contributed by atoms with Crippen LogP contribution in [0.4, 0.5) is 4.39 Å². The van der Waals surface area contributed by atoms with Gasteiger partial charge in [0.2, 0.25) is 5.91 Å². The highest BCUT2D eigenvalue weighted by Gasteiger charge is 2.22. The van der Waals surface area contributed by atoms with Crippen LogP contribution in [-0.4, -0.2) is 20.4 Å². The van der Waals surface area contributed by atoms with Crippen LogP contribution in [0.15, 0.2) is 42.6 Å². The number of amides is 1. The van der Waals surface area contributed by atoms with Crippen molar-refractivity contribution < 1.29 is 9.18 Å². The number of benzene rings is 1. The minimum absolute atomic E-state index is 0.00343. The van der Waals surface area contributed by atoms with E-state index in [1.807, 2.05) is 23.7 Å². The van der Waals surface area contributed by atoms with Crippen LogP contribution >= 0.6 is 0 Å². The fraction of sp³-hybridized carbons (Fsp3) is 0.350. The summed E-state index contributed by atoms with van der Waals surface area (Å²) in [6.07, 6.45) is 2.46. The number of pyridine rings is 1. The summed E-state index contributed by atoms with van der Waals surface area (Å²) in [5.41, 5.74) is 1.96. The van der Waals surface area contributed by atoms with Crippen LogP contribution in [-0.2, 0) is 18.3 Å². The Labute approximate surface area is 152 Å². The van der Waals surface area contributed by atoms with Crippen LogP contribution in [0.3, 0.4) is 0 Å². The maximum Gasteiger partial charge on any atom is 0.225 e. The van der Waals surface area contributed by atoms with E-state index in [0.29, 0.717) is 11.5 Å². The predicted octanol–water partition coefficient (Wildman–Crippen LogP) is 3.55. The molecule has 136 valence electrons. The molecule has 0 aliphatic heterocycles. The third-order valence-corrected chi connectivity index (χ3v) is 4.33. The molecule has 1 N–H and O–H groups in total. The van der Waals surface area contributed by atoms with Gasteiger partial charge in [-0.2, -0.15) is 0 Å². The summed E-state index contributed by atoms with van der Waals surface area (Å²) in [4.78, 5) is 21.5. The van der Waals surface area contributed by atoms with Crippen LogP contribution in [0.1, 0.15) is 37.7 Å². The monoisotopic (exact) mass is 354 g/mol. The molecule has 0 spiro atoms. The van der Waals surface area contributed by atoms with Crippen LogP contribution in [0.25, 0.3) is 11.2 Å². The number of fused-ring (bicyclic) bond motifs is 1. The van der Waals surface area contributed by atoms with Crippen LogP contribution in [0.5, 0.6) is 0 Å². The summed E-state index contributed by atoms with van der Waals surface area (Å²) in [5.74, 6) is 0.534. The van der Waals surface area contributed by atoms with Crippen molar-refractivity contribution in [3.8, 4) is 0 Å². The number of hydrogen-bond donors (Lipinski definition) is 1. The largest absolute Gasteiger partial charge is 0.346 e. The Kier molecular flexibility index (Phi) is 5.30. The lowest BCUT2D eigenvalue weighted by atomic mass is 10.0. The first kappa shape index (κ1) is 18.0. The van der Waals surface area contributed by atoms with Gasteiger partial charge in [0.25, 0.3) is 0 Å². The molecule has 0 bridgehead atoms. The van der Waals surface area contributed by atoms with E-state index in [-0.39, 0.29) is 24.2 Å². The van der Waals surface area contributed by atoms with Crippen LogP contribution in [0, 0.1) is 11.7 Å². The van der Waals surface area contributed by atoms with Crippen molar-refractivity contribution in [2.75, 3.05) is 0 Å². The molecule has 0 aliphatic carbocycles. The Morgan fingerprint density at radius 3 is 2.69 bits per heavy atom. The predicted molar refractivity (Wildman–Crippen MR) is 99.0 cm³/mol. The Hall–Kier alpha value is -2.76. The lowest BCUT2D eigenvalue weighted by molar-refractivity contribution is -0.121. The average Bonchev–Trinajstić information content (AvgIpc) is 2.93. The van der Waals surface area contributed by atoms with E-state index in [1.54, 1.807) is 24.4 Å². The zero-order valence-corrected chi connectivity index (χ0v) is 15.2. The molecule has 26 heavy (non-hydrogen) atoms. The fourth-order valence-electron chi connectivity index (χ4n) is 3.11. The number of aromatic nitrogens is 3. The number of carbonyl (C=O) groups is 1. The van der Waals surface area contributed by atoms with Crippen molar-refractivity contribution in [1.82, 2.24) is 19.9 Å². The number of nitrogens with zero attached hydrogens (tertiary/aromatic N) is 3. The molecule has 0 fully saturated rings. The van der Waals surface area contributed by atoms with Gasteiger partial charge in [0, 0.05) is 13.2 Å². The summed E-state index contributed by atoms with van der Waals surface area (Å²) >= 11 is 0. The summed E-state index contributed by atoms with van der Waals surface area (Å²) < 4.78 is 15.7. The molecular formula is C20H23FN4O. The molecule has 5 nitrogen and oxygen atoms in total. The summed E-state index contributed by atoms with van der Waals surface area (Å²) in [5, 5.41) is 3.03. The normalized spacial score (nSPS) is 12.5. The van der Waals surface area contributed by atoms with Gasteiger partial charge in [-0.1, -0.05) is 32.0 Å². The minimum Gasteiger partial charge on any atom is -0.346 e. The maximum absolute atomic E-state index is 13.8. The fourth-order valence-corrected chi connectivity index (χ4v) is 3.11. The highest BCUT2D eigenvalue weighted by molar-refractivity contribution is 5.79. The summed E-state index contributed by atoms with van der Waals surface area (Å²) in [7, 11) is 1.90. The van der Waals surface area contributed by atoms with Gasteiger partial charge in [-0.15, -0.1) is 0 Å². The zero-order valence-electron chi connectivity index (χ0n) is 15.2. The van der Waals surface area contributed by atoms with E-state index >= 15 is 0 Å². The Morgan fingerprint density at radius 2 is 2.00 bits per heavy atom. The van der Waals surface area contributed by atoms with Gasteiger partial charge in [0.15, 0.2) is 5.65 Å². The molecule has 0 radical (unpaired) electrons. The maximum atomic E-state index is 13.8. The molecule has 2 heterocycles. The van der Waals surface area contributed by atoms with Crippen molar-refractivity contribution >= 4 is 17.1 Å². The van der Waals surface area contributed by atoms with Gasteiger partial charge in [-0.05, 0) is 36.1 Å². The van der Waals surface area contributed by atoms with Crippen LogP contribution < -0.4 is 5.32 Å². The van der Waals surface area contributed by atoms with Crippen LogP contribution in [0.2, 0.25) is 0 Å². The Balaban J connectivity index is 1.85. The number of carbonyl (C=O) groups excluding carboxylic acids is 1. The van der Waals surface area contributed by atoms with E-state index < -0.39 is 0 Å². The van der Waals surface area contributed by atoms with Gasteiger partial charge < -0.3 is 9.88 Å². The van der Waals surface area contributed by atoms with E-state index in [4.69, 9.17) is 0 Å². The number of aryl methyl sites for hydroxylation is 1. The third-order valence-electron chi connectivity index (χ3n) is 4.33. The molecule has 0 saturated heterocycles. The van der Waals surface area contributed by atoms with E-state index in [1.165, 1.54) is 6.07 Å². The quantitative estimate of drug-likeness (QED) is 0.736. The standard InChI is InChI=1S/C20H23FN4O/c1-13(2)11-17(20-24-16-9-6-10-22-19(16)25(20)3)23-18(26)12-14-7-4-5-8-15(14)21/h4-10,13,17H,11-12H2,1-3H3,(H,23,26). The van der Waals surface area contributed by atoms with Gasteiger partial charge in [-0.25, -0.2) is 14.4 Å². The number of nitrogens with one attached hydrogen (secondary N) is 1. The Morgan fingerprint density at radius 1 is 1.23 bits per heavy atom. The second-order valence-corrected chi connectivity index (χ2v) is 6.89. The second kappa shape index (κ2) is 7.64. The van der Waals surface area contributed by atoms with Crippen molar-refractivity contribution in [1.29, 1.82) is 0 Å². The molecule has 1 amide bonds. The molecule has 1 atom stereocenters. The molecule has 3 rings (SSSR count).